The molecule has 3 aromatic carbocycles. The summed E-state index contributed by atoms with van der Waals surface area (Å²) in [6.07, 6.45) is -0.424. The van der Waals surface area contributed by atoms with Gasteiger partial charge in [-0.2, -0.15) is 0 Å². The Bertz CT molecular complexity index is 1130. The summed E-state index contributed by atoms with van der Waals surface area (Å²) in [5.74, 6) is -0.665. The molecule has 1 aliphatic heterocycles. The summed E-state index contributed by atoms with van der Waals surface area (Å²) in [5.41, 5.74) is 1.35. The minimum absolute atomic E-state index is 0.0379. The van der Waals surface area contributed by atoms with E-state index in [0.717, 1.165) is 5.56 Å². The van der Waals surface area contributed by atoms with Crippen LogP contribution in [0.2, 0.25) is 5.02 Å². The predicted molar refractivity (Wildman–Crippen MR) is 131 cm³/mol. The van der Waals surface area contributed by atoms with Crippen LogP contribution in [-0.2, 0) is 11.3 Å². The lowest BCUT2D eigenvalue weighted by molar-refractivity contribution is 0.00144. The summed E-state index contributed by atoms with van der Waals surface area (Å²) in [7, 11) is 1.57. The Morgan fingerprint density at radius 1 is 0.971 bits per heavy atom. The fraction of sp³-hybridized carbons (Fsp3) is 0.296. The predicted octanol–water partition coefficient (Wildman–Crippen LogP) is 5.34. The van der Waals surface area contributed by atoms with Gasteiger partial charge in [0.15, 0.2) is 0 Å². The van der Waals surface area contributed by atoms with Gasteiger partial charge < -0.3 is 14.4 Å². The molecule has 0 aromatic heterocycles. The van der Waals surface area contributed by atoms with Crippen molar-refractivity contribution in [3.8, 4) is 5.75 Å². The molecule has 8 heteroatoms. The van der Waals surface area contributed by atoms with E-state index in [2.05, 4.69) is 4.90 Å². The first-order valence-corrected chi connectivity index (χ1v) is 11.8. The molecule has 0 saturated carbocycles. The highest BCUT2D eigenvalue weighted by Crippen LogP contribution is 2.25. The van der Waals surface area contributed by atoms with E-state index in [1.54, 1.807) is 43.5 Å². The van der Waals surface area contributed by atoms with Gasteiger partial charge in [-0.25, -0.2) is 8.78 Å². The number of rotatable bonds is 8. The van der Waals surface area contributed by atoms with Crippen molar-refractivity contribution in [2.75, 3.05) is 39.8 Å². The number of carbonyl (C=O) groups is 1. The lowest BCUT2D eigenvalue weighted by atomic mass is 10.1. The number of amides is 1. The van der Waals surface area contributed by atoms with E-state index in [4.69, 9.17) is 21.1 Å². The molecule has 1 amide bonds. The molecule has 1 saturated heterocycles. The fourth-order valence-electron chi connectivity index (χ4n) is 4.09. The topological polar surface area (TPSA) is 42.0 Å². The molecule has 0 aliphatic carbocycles. The Morgan fingerprint density at radius 3 is 2.29 bits per heavy atom. The summed E-state index contributed by atoms with van der Waals surface area (Å²) < 4.78 is 39.5. The normalized spacial score (nSPS) is 15.1. The van der Waals surface area contributed by atoms with Crippen LogP contribution in [0.15, 0.2) is 66.7 Å². The van der Waals surface area contributed by atoms with Gasteiger partial charge >= 0.3 is 0 Å². The van der Waals surface area contributed by atoms with Crippen molar-refractivity contribution < 1.29 is 23.0 Å². The number of hydrogen-bond acceptors (Lipinski definition) is 4. The van der Waals surface area contributed by atoms with Crippen LogP contribution < -0.4 is 4.74 Å². The van der Waals surface area contributed by atoms with Gasteiger partial charge in [-0.05, 0) is 48.0 Å². The Morgan fingerprint density at radius 2 is 1.63 bits per heavy atom. The van der Waals surface area contributed by atoms with E-state index >= 15 is 0 Å². The fourth-order valence-corrected chi connectivity index (χ4v) is 4.22. The SMILES string of the molecule is COc1cccc(C(=O)N2CCN(CC(OCc3c(F)cccc3F)c3ccc(Cl)cc3)CC2)c1. The highest BCUT2D eigenvalue weighted by Gasteiger charge is 2.25. The van der Waals surface area contributed by atoms with Crippen LogP contribution in [-0.4, -0.2) is 55.5 Å². The third-order valence-electron chi connectivity index (χ3n) is 6.13. The quantitative estimate of drug-likeness (QED) is 0.418. The summed E-state index contributed by atoms with van der Waals surface area (Å²) in [6.45, 7) is 2.74. The molecular formula is C27H27ClF2N2O3. The molecule has 1 atom stereocenters. The highest BCUT2D eigenvalue weighted by atomic mass is 35.5. The minimum atomic E-state index is -0.635. The van der Waals surface area contributed by atoms with Gasteiger partial charge in [0.05, 0.1) is 19.8 Å². The zero-order valence-electron chi connectivity index (χ0n) is 19.4. The van der Waals surface area contributed by atoms with Crippen molar-refractivity contribution in [1.29, 1.82) is 0 Å². The van der Waals surface area contributed by atoms with Crippen LogP contribution >= 0.6 is 11.6 Å². The lowest BCUT2D eigenvalue weighted by Gasteiger charge is -2.36. The first-order valence-electron chi connectivity index (χ1n) is 11.4. The van der Waals surface area contributed by atoms with Crippen LogP contribution in [0.5, 0.6) is 5.75 Å². The Labute approximate surface area is 208 Å². The van der Waals surface area contributed by atoms with Crippen LogP contribution in [0.4, 0.5) is 8.78 Å². The molecule has 0 N–H and O–H groups in total. The van der Waals surface area contributed by atoms with Gasteiger partial charge in [-0.3, -0.25) is 9.69 Å². The summed E-state index contributed by atoms with van der Waals surface area (Å²) in [6, 6.07) is 18.1. The van der Waals surface area contributed by atoms with Gasteiger partial charge in [0.2, 0.25) is 0 Å². The van der Waals surface area contributed by atoms with Crippen molar-refractivity contribution in [3.63, 3.8) is 0 Å². The van der Waals surface area contributed by atoms with Gasteiger partial charge in [0.1, 0.15) is 17.4 Å². The number of benzene rings is 3. The maximum absolute atomic E-state index is 14.1. The molecule has 3 aromatic rings. The van der Waals surface area contributed by atoms with Crippen LogP contribution in [0.25, 0.3) is 0 Å². The Hall–Kier alpha value is -3.00. The van der Waals surface area contributed by atoms with Crippen molar-refractivity contribution in [2.45, 2.75) is 12.7 Å². The molecule has 0 bridgehead atoms. The second kappa shape index (κ2) is 11.6. The monoisotopic (exact) mass is 500 g/mol. The summed E-state index contributed by atoms with van der Waals surface area (Å²) in [4.78, 5) is 16.9. The third kappa shape index (κ3) is 6.36. The number of piperazine rings is 1. The minimum Gasteiger partial charge on any atom is -0.497 e. The first kappa shape index (κ1) is 25.1. The Balaban J connectivity index is 1.41. The molecule has 4 rings (SSSR count). The van der Waals surface area contributed by atoms with E-state index in [-0.39, 0.29) is 18.1 Å². The second-order valence-electron chi connectivity index (χ2n) is 8.38. The second-order valence-corrected chi connectivity index (χ2v) is 8.81. The van der Waals surface area contributed by atoms with Crippen LogP contribution in [0.3, 0.4) is 0 Å². The molecule has 5 nitrogen and oxygen atoms in total. The number of hydrogen-bond donors (Lipinski definition) is 0. The third-order valence-corrected chi connectivity index (χ3v) is 6.38. The average molecular weight is 501 g/mol. The van der Waals surface area contributed by atoms with E-state index < -0.39 is 17.7 Å². The molecule has 35 heavy (non-hydrogen) atoms. The first-order chi connectivity index (χ1) is 16.9. The van der Waals surface area contributed by atoms with Crippen molar-refractivity contribution in [2.24, 2.45) is 0 Å². The molecule has 1 fully saturated rings. The van der Waals surface area contributed by atoms with Gasteiger partial charge in [-0.1, -0.05) is 35.9 Å². The number of halogens is 3. The number of carbonyl (C=O) groups excluding carboxylic acids is 1. The molecule has 1 aliphatic rings. The standard InChI is InChI=1S/C27H27ClF2N2O3/c1-34-22-5-2-4-20(16-22)27(33)32-14-12-31(13-15-32)17-26(19-8-10-21(28)11-9-19)35-18-23-24(29)6-3-7-25(23)30/h2-11,16,26H,12-15,17-18H2,1H3. The smallest absolute Gasteiger partial charge is 0.254 e. The number of ether oxygens (including phenoxy) is 2. The number of nitrogens with zero attached hydrogens (tertiary/aromatic N) is 2. The zero-order valence-corrected chi connectivity index (χ0v) is 20.2. The average Bonchev–Trinajstić information content (AvgIpc) is 2.88. The van der Waals surface area contributed by atoms with E-state index in [9.17, 15) is 13.6 Å². The van der Waals surface area contributed by atoms with E-state index in [1.165, 1.54) is 18.2 Å². The summed E-state index contributed by atoms with van der Waals surface area (Å²) in [5, 5.41) is 0.595. The molecule has 1 heterocycles. The van der Waals surface area contributed by atoms with Gasteiger partial charge in [0, 0.05) is 48.9 Å². The van der Waals surface area contributed by atoms with E-state index in [0.29, 0.717) is 49.1 Å². The summed E-state index contributed by atoms with van der Waals surface area (Å²) >= 11 is 6.04. The molecule has 1 unspecified atom stereocenters. The molecular weight excluding hydrogens is 474 g/mol. The molecule has 0 spiro atoms. The van der Waals surface area contributed by atoms with Crippen molar-refractivity contribution >= 4 is 17.5 Å². The van der Waals surface area contributed by atoms with Crippen LogP contribution in [0.1, 0.15) is 27.6 Å². The van der Waals surface area contributed by atoms with Crippen molar-refractivity contribution in [1.82, 2.24) is 9.80 Å². The molecule has 0 radical (unpaired) electrons. The number of methoxy groups -OCH3 is 1. The molecule has 184 valence electrons. The highest BCUT2D eigenvalue weighted by molar-refractivity contribution is 6.30. The maximum Gasteiger partial charge on any atom is 0.254 e. The zero-order chi connectivity index (χ0) is 24.8. The largest absolute Gasteiger partial charge is 0.497 e. The Kier molecular flexibility index (Phi) is 8.33. The van der Waals surface area contributed by atoms with Crippen LogP contribution in [0, 0.1) is 11.6 Å². The van der Waals surface area contributed by atoms with Crippen molar-refractivity contribution in [3.05, 3.63) is 100 Å². The maximum atomic E-state index is 14.1. The van der Waals surface area contributed by atoms with Gasteiger partial charge in [-0.15, -0.1) is 0 Å². The lowest BCUT2D eigenvalue weighted by Crippen LogP contribution is -2.49. The van der Waals surface area contributed by atoms with Gasteiger partial charge in [0.25, 0.3) is 5.91 Å². The van der Waals surface area contributed by atoms with E-state index in [1.807, 2.05) is 17.0 Å².